The van der Waals surface area contributed by atoms with Crippen molar-refractivity contribution in [2.24, 2.45) is 5.92 Å². The molecule has 0 aromatic heterocycles. The largest absolute Gasteiger partial charge is 0.463 e. The Kier molecular flexibility index (Phi) is 5.95. The summed E-state index contributed by atoms with van der Waals surface area (Å²) in [5, 5.41) is 26.5. The van der Waals surface area contributed by atoms with Gasteiger partial charge in [-0.05, 0) is 37.3 Å². The molecule has 1 aliphatic heterocycles. The van der Waals surface area contributed by atoms with Crippen LogP contribution >= 0.6 is 0 Å². The minimum Gasteiger partial charge on any atom is -0.463 e. The van der Waals surface area contributed by atoms with E-state index < -0.39 is 21.7 Å². The quantitative estimate of drug-likeness (QED) is 0.377. The maximum absolute atomic E-state index is 13.2. The molecule has 1 aliphatic carbocycles. The van der Waals surface area contributed by atoms with E-state index in [1.807, 2.05) is 30.3 Å². The van der Waals surface area contributed by atoms with E-state index >= 15 is 0 Å². The highest BCUT2D eigenvalue weighted by Crippen LogP contribution is 2.54. The van der Waals surface area contributed by atoms with Crippen molar-refractivity contribution in [2.45, 2.75) is 32.1 Å². The number of carbonyl (C=O) groups excluding carboxylic acids is 1. The molecule has 4 rings (SSSR count). The van der Waals surface area contributed by atoms with Gasteiger partial charge in [0, 0.05) is 23.7 Å². The molecule has 1 N–H and O–H groups in total. The third-order valence-electron chi connectivity index (χ3n) is 6.05. The van der Waals surface area contributed by atoms with Gasteiger partial charge in [-0.2, -0.15) is 0 Å². The van der Waals surface area contributed by atoms with Crippen molar-refractivity contribution in [3.63, 3.8) is 0 Å². The Bertz CT molecular complexity index is 1190. The van der Waals surface area contributed by atoms with Gasteiger partial charge in [0.1, 0.15) is 5.92 Å². The molecular weight excluding hydrogens is 426 g/mol. The van der Waals surface area contributed by atoms with Crippen LogP contribution in [0.1, 0.15) is 43.2 Å². The molecule has 0 spiro atoms. The number of hydrogen-bond acceptors (Lipinski definition) is 7. The molecule has 0 bridgehead atoms. The minimum absolute atomic E-state index is 0.0451. The van der Waals surface area contributed by atoms with Gasteiger partial charge in [-0.15, -0.1) is 0 Å². The minimum atomic E-state index is -1.09. The predicted molar refractivity (Wildman–Crippen MR) is 120 cm³/mol. The smallest absolute Gasteiger partial charge is 0.337 e. The number of allylic oxidation sites excluding steroid dienone is 3. The van der Waals surface area contributed by atoms with Crippen molar-refractivity contribution in [2.75, 3.05) is 6.61 Å². The molecule has 9 heteroatoms. The van der Waals surface area contributed by atoms with Crippen LogP contribution in [0.2, 0.25) is 0 Å². The van der Waals surface area contributed by atoms with E-state index in [4.69, 9.17) is 4.74 Å². The number of nitro groups is 2. The van der Waals surface area contributed by atoms with Crippen LogP contribution in [0.5, 0.6) is 0 Å². The van der Waals surface area contributed by atoms with Crippen LogP contribution in [0.25, 0.3) is 0 Å². The molecule has 1 saturated carbocycles. The van der Waals surface area contributed by atoms with E-state index in [9.17, 15) is 25.0 Å². The zero-order chi connectivity index (χ0) is 23.7. The number of nitrogens with zero attached hydrogens (tertiary/aromatic N) is 2. The Morgan fingerprint density at radius 1 is 1.03 bits per heavy atom. The summed E-state index contributed by atoms with van der Waals surface area (Å²) in [6.45, 7) is 3.35. The molecule has 1 unspecified atom stereocenters. The maximum atomic E-state index is 13.2. The van der Waals surface area contributed by atoms with Gasteiger partial charge in [0.15, 0.2) is 0 Å². The molecule has 9 nitrogen and oxygen atoms in total. The number of carbonyl (C=O) groups is 1. The van der Waals surface area contributed by atoms with Gasteiger partial charge in [-0.3, -0.25) is 20.2 Å². The fraction of sp³-hybridized carbons (Fsp3) is 0.292. The Morgan fingerprint density at radius 3 is 2.36 bits per heavy atom. The van der Waals surface area contributed by atoms with Crippen molar-refractivity contribution in [3.8, 4) is 0 Å². The molecule has 2 aliphatic rings. The lowest BCUT2D eigenvalue weighted by molar-refractivity contribution is -0.431. The van der Waals surface area contributed by atoms with Crippen molar-refractivity contribution in [3.05, 3.63) is 109 Å². The second-order valence-electron chi connectivity index (χ2n) is 8.08. The number of nitro benzene ring substituents is 1. The standard InChI is InChI=1S/C24H23N3O6/c1-3-33-24(28)21-20(16-10-7-11-17(12-16)26(29)30)23(27(31)32)14(2)25-22(21)19-13-18(19)15-8-5-4-6-9-15/h4-12,18-20,25H,3,13H2,1-2H3/t18-,19+,20?/m0/s1. The van der Waals surface area contributed by atoms with Crippen molar-refractivity contribution in [1.82, 2.24) is 5.32 Å². The Labute approximate surface area is 190 Å². The van der Waals surface area contributed by atoms with Crippen molar-refractivity contribution in [1.29, 1.82) is 0 Å². The molecule has 2 aromatic carbocycles. The first-order valence-corrected chi connectivity index (χ1v) is 10.7. The van der Waals surface area contributed by atoms with E-state index in [-0.39, 0.29) is 35.4 Å². The van der Waals surface area contributed by atoms with Crippen LogP contribution < -0.4 is 5.32 Å². The monoisotopic (exact) mass is 449 g/mol. The summed E-state index contributed by atoms with van der Waals surface area (Å²) < 4.78 is 5.31. The number of dihydropyridines is 1. The lowest BCUT2D eigenvalue weighted by Gasteiger charge is -2.28. The topological polar surface area (TPSA) is 125 Å². The van der Waals surface area contributed by atoms with Crippen LogP contribution in [-0.2, 0) is 9.53 Å². The third-order valence-corrected chi connectivity index (χ3v) is 6.05. The highest BCUT2D eigenvalue weighted by molar-refractivity contribution is 5.93. The average molecular weight is 449 g/mol. The van der Waals surface area contributed by atoms with Gasteiger partial charge in [-0.1, -0.05) is 42.5 Å². The first-order chi connectivity index (χ1) is 15.8. The molecule has 1 fully saturated rings. The second-order valence-corrected chi connectivity index (χ2v) is 8.08. The highest BCUT2D eigenvalue weighted by atomic mass is 16.6. The number of esters is 1. The Balaban J connectivity index is 1.87. The normalized spacial score (nSPS) is 21.9. The molecule has 1 heterocycles. The fourth-order valence-corrected chi connectivity index (χ4v) is 4.54. The number of non-ortho nitro benzene ring substituents is 1. The van der Waals surface area contributed by atoms with E-state index in [1.165, 1.54) is 18.2 Å². The van der Waals surface area contributed by atoms with E-state index in [1.54, 1.807) is 19.9 Å². The van der Waals surface area contributed by atoms with Crippen LogP contribution in [0, 0.1) is 26.1 Å². The first-order valence-electron chi connectivity index (χ1n) is 10.7. The molecule has 2 aromatic rings. The number of ether oxygens (including phenoxy) is 1. The molecule has 33 heavy (non-hydrogen) atoms. The van der Waals surface area contributed by atoms with E-state index in [0.29, 0.717) is 17.0 Å². The lowest BCUT2D eigenvalue weighted by Crippen LogP contribution is -2.33. The average Bonchev–Trinajstić information content (AvgIpc) is 3.59. The summed E-state index contributed by atoms with van der Waals surface area (Å²) in [6, 6.07) is 15.5. The molecule has 3 atom stereocenters. The van der Waals surface area contributed by atoms with Crippen LogP contribution in [0.3, 0.4) is 0 Å². The van der Waals surface area contributed by atoms with Crippen LogP contribution in [0.15, 0.2) is 77.3 Å². The lowest BCUT2D eigenvalue weighted by atomic mass is 9.82. The summed E-state index contributed by atoms with van der Waals surface area (Å²) in [5.74, 6) is -1.64. The zero-order valence-corrected chi connectivity index (χ0v) is 18.2. The summed E-state index contributed by atoms with van der Waals surface area (Å²) in [4.78, 5) is 35.5. The first kappa shape index (κ1) is 22.2. The molecule has 0 saturated heterocycles. The van der Waals surface area contributed by atoms with Crippen LogP contribution in [0.4, 0.5) is 5.69 Å². The zero-order valence-electron chi connectivity index (χ0n) is 18.2. The SMILES string of the molecule is CCOC(=O)C1=C([C@@H]2C[C@H]2c2ccccc2)NC(C)=C([N+](=O)[O-])C1c1cccc([N+](=O)[O-])c1. The summed E-state index contributed by atoms with van der Waals surface area (Å²) in [7, 11) is 0. The second kappa shape index (κ2) is 8.85. The van der Waals surface area contributed by atoms with Gasteiger partial charge in [-0.25, -0.2) is 4.79 Å². The van der Waals surface area contributed by atoms with Crippen molar-refractivity contribution >= 4 is 11.7 Å². The van der Waals surface area contributed by atoms with Gasteiger partial charge >= 0.3 is 5.97 Å². The number of nitrogens with one attached hydrogen (secondary N) is 1. The van der Waals surface area contributed by atoms with Gasteiger partial charge < -0.3 is 10.1 Å². The van der Waals surface area contributed by atoms with Gasteiger partial charge in [0.05, 0.1) is 27.7 Å². The number of rotatable bonds is 7. The summed E-state index contributed by atoms with van der Waals surface area (Å²) in [5.41, 5.74) is 2.02. The van der Waals surface area contributed by atoms with E-state index in [2.05, 4.69) is 5.32 Å². The number of benzene rings is 2. The van der Waals surface area contributed by atoms with Gasteiger partial charge in [0.2, 0.25) is 0 Å². The third kappa shape index (κ3) is 4.21. The Hall–Kier alpha value is -4.01. The van der Waals surface area contributed by atoms with Crippen LogP contribution in [-0.4, -0.2) is 22.4 Å². The maximum Gasteiger partial charge on any atom is 0.337 e. The molecule has 0 radical (unpaired) electrons. The Morgan fingerprint density at radius 2 is 1.73 bits per heavy atom. The van der Waals surface area contributed by atoms with E-state index in [0.717, 1.165) is 12.0 Å². The molecule has 0 amide bonds. The summed E-state index contributed by atoms with van der Waals surface area (Å²) >= 11 is 0. The number of hydrogen-bond donors (Lipinski definition) is 1. The fourth-order valence-electron chi connectivity index (χ4n) is 4.54. The summed E-state index contributed by atoms with van der Waals surface area (Å²) in [6.07, 6.45) is 0.776. The predicted octanol–water partition coefficient (Wildman–Crippen LogP) is 4.41. The van der Waals surface area contributed by atoms with Crippen molar-refractivity contribution < 1.29 is 19.4 Å². The molecular formula is C24H23N3O6. The molecule has 170 valence electrons. The van der Waals surface area contributed by atoms with Gasteiger partial charge in [0.25, 0.3) is 11.4 Å². The highest BCUT2D eigenvalue weighted by Gasteiger charge is 2.49.